The fourth-order valence-corrected chi connectivity index (χ4v) is 19.4. The molecule has 149 heavy (non-hydrogen) atoms. The summed E-state index contributed by atoms with van der Waals surface area (Å²) in [6.07, 6.45) is 19.0. The lowest BCUT2D eigenvalue weighted by molar-refractivity contribution is 0.125. The number of hydrogen-bond acceptors (Lipinski definition) is 6. The Balaban J connectivity index is -0.00000170. The van der Waals surface area contributed by atoms with E-state index in [0.717, 1.165) is 150 Å². The van der Waals surface area contributed by atoms with E-state index in [9.17, 15) is 0 Å². The molecule has 0 saturated heterocycles. The van der Waals surface area contributed by atoms with E-state index in [1.54, 1.807) is 0 Å². The highest BCUT2D eigenvalue weighted by atomic mass is 16.5. The zero-order valence-electron chi connectivity index (χ0n) is 113. The van der Waals surface area contributed by atoms with Crippen molar-refractivity contribution in [1.29, 1.82) is 0 Å². The van der Waals surface area contributed by atoms with Crippen molar-refractivity contribution in [1.82, 2.24) is 0 Å². The quantitative estimate of drug-likeness (QED) is 0.0602. The number of ether oxygens (including phenoxy) is 6. The first kappa shape index (κ1) is 147. The Morgan fingerprint density at radius 2 is 0.282 bits per heavy atom. The molecule has 6 aromatic carbocycles. The molecule has 0 unspecified atom stereocenters. The Kier molecular flexibility index (Phi) is 56.7. The van der Waals surface area contributed by atoms with Crippen molar-refractivity contribution in [2.24, 2.45) is 65.0 Å². The highest BCUT2D eigenvalue weighted by Crippen LogP contribution is 2.49. The molecule has 0 amide bonds. The summed E-state index contributed by atoms with van der Waals surface area (Å²) in [6.45, 7) is 157. The normalized spacial score (nSPS) is 12.9. The number of benzene rings is 6. The molecule has 0 atom stereocenters. The molecule has 0 aromatic heterocycles. The molecule has 0 spiro atoms. The van der Waals surface area contributed by atoms with Gasteiger partial charge >= 0.3 is 0 Å². The molecule has 0 N–H and O–H groups in total. The van der Waals surface area contributed by atoms with Crippen LogP contribution in [-0.2, 0) is 116 Å². The molecule has 6 aromatic rings. The van der Waals surface area contributed by atoms with Gasteiger partial charge in [-0.3, -0.25) is 0 Å². The van der Waals surface area contributed by atoms with Gasteiger partial charge in [-0.05, 0) is 480 Å². The summed E-state index contributed by atoms with van der Waals surface area (Å²) >= 11 is 0. The van der Waals surface area contributed by atoms with Gasteiger partial charge in [0, 0.05) is 0 Å². The van der Waals surface area contributed by atoms with Crippen molar-refractivity contribution in [2.75, 3.05) is 0 Å². The standard InChI is InChI=1S/2C24H42O.2C23H40O.2C22H38O.2C2H6.CH4/c2*1-13-18-16(2)19(14-22(4,5)6)21(25-24(10,11)12)20(17(18)3)15-23(7,8)9;2*1-12-17-13-18(14-21(3,4)5)20(24-23(9,10)11)19(16(17)2)15-22(6,7)8;2*1-11-16-12-17(14-20(2,3)4)19(23-22(8,9)10)18(13-16)15-21(5,6)7;2*1-2;/h2*13-15H2,1-12H3;2*13H,12,14-15H2,1-11H3;2*12-13H,11,14-15H2,1-10H3;2*1-2H3;1H4. The Labute approximate surface area is 932 Å². The molecule has 0 fully saturated rings. The van der Waals surface area contributed by atoms with Gasteiger partial charge in [-0.2, -0.15) is 0 Å². The summed E-state index contributed by atoms with van der Waals surface area (Å²) < 4.78 is 39.2. The SMILES string of the molecule is C.CC.CC.CCc1c(C)c(CC(C)(C)C)c(OC(C)(C)C)c(CC(C)(C)C)c1C.CCc1c(C)c(CC(C)(C)C)c(OC(C)(C)C)c(CC(C)(C)C)c1C.CCc1cc(CC(C)(C)C)c(OC(C)(C)C)c(CC(C)(C)C)c1.CCc1cc(CC(C)(C)C)c(OC(C)(C)C)c(CC(C)(C)C)c1.CCc1cc(CC(C)(C)C)c(OC(C)(C)C)c(CC(C)(C)C)c1C.CCc1cc(CC(C)(C)C)c(OC(C)(C)C)c(CC(C)(C)C)c1C. The highest BCUT2D eigenvalue weighted by Gasteiger charge is 2.36. The minimum absolute atomic E-state index is 0. The predicted octanol–water partition coefficient (Wildman–Crippen LogP) is 44.2. The van der Waals surface area contributed by atoms with Gasteiger partial charge in [0.25, 0.3) is 0 Å². The van der Waals surface area contributed by atoms with E-state index in [0.29, 0.717) is 0 Å². The van der Waals surface area contributed by atoms with Gasteiger partial charge in [0.05, 0.1) is 0 Å². The summed E-state index contributed by atoms with van der Waals surface area (Å²) in [4.78, 5) is 0. The van der Waals surface area contributed by atoms with Crippen molar-refractivity contribution in [2.45, 2.75) is 641 Å². The first-order valence-electron chi connectivity index (χ1n) is 58.8. The molecule has 0 radical (unpaired) electrons. The maximum absolute atomic E-state index is 6.62. The van der Waals surface area contributed by atoms with Crippen molar-refractivity contribution in [3.8, 4) is 34.5 Å². The molecule has 0 aliphatic carbocycles. The lowest BCUT2D eigenvalue weighted by atomic mass is 9.78. The van der Waals surface area contributed by atoms with Crippen LogP contribution in [0.2, 0.25) is 0 Å². The van der Waals surface area contributed by atoms with Crippen LogP contribution in [0.4, 0.5) is 0 Å². The zero-order valence-corrected chi connectivity index (χ0v) is 113. The van der Waals surface area contributed by atoms with Crippen molar-refractivity contribution in [3.05, 3.63) is 170 Å². The molecule has 6 heteroatoms. The van der Waals surface area contributed by atoms with E-state index in [1.807, 2.05) is 27.7 Å². The fraction of sp³-hybridized carbons (Fsp3) is 0.748. The van der Waals surface area contributed by atoms with Crippen LogP contribution >= 0.6 is 0 Å². The Morgan fingerprint density at radius 1 is 0.148 bits per heavy atom. The largest absolute Gasteiger partial charge is 0.488 e. The smallest absolute Gasteiger partial charge is 0.127 e. The van der Waals surface area contributed by atoms with Crippen LogP contribution in [-0.4, -0.2) is 33.6 Å². The summed E-state index contributed by atoms with van der Waals surface area (Å²) in [7, 11) is 0. The molecule has 6 nitrogen and oxygen atoms in total. The van der Waals surface area contributed by atoms with Gasteiger partial charge in [0.15, 0.2) is 0 Å². The Bertz CT molecular complexity index is 4520. The van der Waals surface area contributed by atoms with E-state index in [2.05, 4.69) is 493 Å². The third-order valence-electron chi connectivity index (χ3n) is 24.3. The van der Waals surface area contributed by atoms with Crippen LogP contribution in [0.25, 0.3) is 0 Å². The third kappa shape index (κ3) is 59.7. The van der Waals surface area contributed by atoms with Gasteiger partial charge in [0.1, 0.15) is 68.1 Å². The highest BCUT2D eigenvalue weighted by molar-refractivity contribution is 5.59. The van der Waals surface area contributed by atoms with E-state index in [4.69, 9.17) is 28.4 Å². The van der Waals surface area contributed by atoms with Crippen LogP contribution in [0.15, 0.2) is 36.4 Å². The van der Waals surface area contributed by atoms with Gasteiger partial charge in [-0.1, -0.05) is 362 Å². The van der Waals surface area contributed by atoms with E-state index < -0.39 is 0 Å². The van der Waals surface area contributed by atoms with Crippen LogP contribution < -0.4 is 28.4 Å². The minimum Gasteiger partial charge on any atom is -0.488 e. The summed E-state index contributed by atoms with van der Waals surface area (Å²) in [6, 6.07) is 14.2. The van der Waals surface area contributed by atoms with Gasteiger partial charge in [0.2, 0.25) is 0 Å². The summed E-state index contributed by atoms with van der Waals surface area (Å²) in [5.41, 5.74) is 36.0. The van der Waals surface area contributed by atoms with E-state index in [-0.39, 0.29) is 106 Å². The maximum atomic E-state index is 6.62. The molecule has 0 saturated carbocycles. The molecule has 864 valence electrons. The first-order chi connectivity index (χ1) is 65.8. The zero-order chi connectivity index (χ0) is 118. The van der Waals surface area contributed by atoms with Crippen LogP contribution in [0.3, 0.4) is 0 Å². The van der Waals surface area contributed by atoms with Crippen molar-refractivity contribution in [3.63, 3.8) is 0 Å². The second-order valence-corrected chi connectivity index (χ2v) is 64.0. The van der Waals surface area contributed by atoms with Crippen molar-refractivity contribution < 1.29 is 28.4 Å². The molecular weight excluding hydrogens is 1810 g/mol. The lowest BCUT2D eigenvalue weighted by Gasteiger charge is -2.33. The third-order valence-corrected chi connectivity index (χ3v) is 24.3. The number of aryl methyl sites for hydroxylation is 4. The molecule has 0 aliphatic rings. The fourth-order valence-electron chi connectivity index (χ4n) is 19.4. The minimum atomic E-state index is -0.189. The first-order valence-corrected chi connectivity index (χ1v) is 58.8. The van der Waals surface area contributed by atoms with Crippen LogP contribution in [0.5, 0.6) is 34.5 Å². The van der Waals surface area contributed by atoms with Gasteiger partial charge < -0.3 is 28.4 Å². The van der Waals surface area contributed by atoms with Gasteiger partial charge in [-0.15, -0.1) is 0 Å². The molecule has 0 heterocycles. The van der Waals surface area contributed by atoms with E-state index >= 15 is 0 Å². The second kappa shape index (κ2) is 57.4. The van der Waals surface area contributed by atoms with Gasteiger partial charge in [-0.25, -0.2) is 0 Å². The van der Waals surface area contributed by atoms with Crippen LogP contribution in [0.1, 0.15) is 584 Å². The van der Waals surface area contributed by atoms with Crippen LogP contribution in [0, 0.1) is 107 Å². The second-order valence-electron chi connectivity index (χ2n) is 64.0. The Hall–Kier alpha value is -5.88. The average Bonchev–Trinajstić information content (AvgIpc) is 0.761. The molecule has 0 bridgehead atoms. The molecule has 6 rings (SSSR count). The number of hydrogen-bond donors (Lipinski definition) is 0. The van der Waals surface area contributed by atoms with E-state index in [1.165, 1.54) is 134 Å². The molecule has 0 aliphatic heterocycles. The van der Waals surface area contributed by atoms with Crippen molar-refractivity contribution >= 4 is 0 Å². The lowest BCUT2D eigenvalue weighted by Crippen LogP contribution is -2.27. The molecular formula is C143H256O6. The summed E-state index contributed by atoms with van der Waals surface area (Å²) in [5, 5.41) is 0. The summed E-state index contributed by atoms with van der Waals surface area (Å²) in [5.74, 6) is 6.84. The Morgan fingerprint density at radius 3 is 0.409 bits per heavy atom. The average molecular weight is 2070 g/mol. The number of rotatable bonds is 24. The predicted molar refractivity (Wildman–Crippen MR) is 673 cm³/mol. The maximum Gasteiger partial charge on any atom is 0.127 e. The monoisotopic (exact) mass is 2070 g/mol. The topological polar surface area (TPSA) is 55.4 Å².